The van der Waals surface area contributed by atoms with Gasteiger partial charge >= 0.3 is 0 Å². The van der Waals surface area contributed by atoms with Gasteiger partial charge in [0.25, 0.3) is 6.33 Å². The van der Waals surface area contributed by atoms with Crippen LogP contribution >= 0.6 is 0 Å². The molecule has 0 atom stereocenters. The van der Waals surface area contributed by atoms with Gasteiger partial charge in [0, 0.05) is 56.8 Å². The van der Waals surface area contributed by atoms with E-state index in [9.17, 15) is 0 Å². The smallest absolute Gasteiger partial charge is 0.267 e. The van der Waals surface area contributed by atoms with Crippen LogP contribution in [0.15, 0.2) is 128 Å². The molecule has 0 saturated carbocycles. The van der Waals surface area contributed by atoms with Crippen molar-refractivity contribution in [3.8, 4) is 22.9 Å². The van der Waals surface area contributed by atoms with Gasteiger partial charge in [-0.05, 0) is 53.1 Å². The number of hydrogen-bond acceptors (Lipinski definition) is 3. The van der Waals surface area contributed by atoms with E-state index in [1.807, 2.05) is 106 Å². The summed E-state index contributed by atoms with van der Waals surface area (Å²) in [6.45, 7) is 6.66. The van der Waals surface area contributed by atoms with Crippen molar-refractivity contribution < 1.29 is 30.4 Å². The molecule has 0 aliphatic heterocycles. The topological polar surface area (TPSA) is 34.2 Å². The van der Waals surface area contributed by atoms with Gasteiger partial charge in [0.15, 0.2) is 0 Å². The molecule has 0 radical (unpaired) electrons. The molecule has 0 spiro atoms. The number of imidazole rings is 1. The predicted octanol–water partition coefficient (Wildman–Crippen LogP) is 8.11. The van der Waals surface area contributed by atoms with E-state index in [-0.39, 0.29) is 26.5 Å². The normalized spacial score (nSPS) is 11.0. The van der Waals surface area contributed by atoms with Gasteiger partial charge in [0.1, 0.15) is 5.82 Å². The Balaban J connectivity index is 0.00000353. The van der Waals surface area contributed by atoms with Crippen LogP contribution in [-0.4, -0.2) is 9.55 Å². The summed E-state index contributed by atoms with van der Waals surface area (Å²) in [6, 6.07) is 43.0. The molecule has 2 heterocycles. The minimum absolute atomic E-state index is 0. The summed E-state index contributed by atoms with van der Waals surface area (Å²) < 4.78 is 10.2. The molecule has 0 bridgehead atoms. The van der Waals surface area contributed by atoms with Gasteiger partial charge < -0.3 is 14.2 Å². The fourth-order valence-electron chi connectivity index (χ4n) is 4.56. The average molecular weight is 730 g/mol. The zero-order valence-electron chi connectivity index (χ0n) is 23.6. The van der Waals surface area contributed by atoms with Crippen LogP contribution < -0.4 is 14.2 Å². The van der Waals surface area contributed by atoms with Crippen molar-refractivity contribution >= 4 is 17.2 Å². The third-order valence-electron chi connectivity index (χ3n) is 6.69. The van der Waals surface area contributed by atoms with E-state index in [4.69, 9.17) is 4.74 Å². The summed E-state index contributed by atoms with van der Waals surface area (Å²) in [5.41, 5.74) is 5.04. The molecule has 4 aromatic carbocycles. The Morgan fingerprint density at radius 3 is 2.29 bits per heavy atom. The standard InChI is InChI=1S/C36H30N4O.Pt/c1-36(2,3)28-12-9-15-30(24-28)38-22-23-39(27-38)31-16-10-18-33(25-31)41-34-19-11-17-32(26-34)40(29-13-5-4-6-14-29)35-20-7-8-21-37-35;/h4-24H,1-3H3;/q-2;. The second-order valence-corrected chi connectivity index (χ2v) is 10.7. The first kappa shape index (κ1) is 29.0. The Kier molecular flexibility index (Phi) is 8.70. The van der Waals surface area contributed by atoms with Crippen molar-refractivity contribution in [2.75, 3.05) is 4.90 Å². The Hall–Kier alpha value is -4.47. The van der Waals surface area contributed by atoms with E-state index in [0.717, 1.165) is 28.6 Å². The quantitative estimate of drug-likeness (QED) is 0.123. The average Bonchev–Trinajstić information content (AvgIpc) is 3.49. The van der Waals surface area contributed by atoms with E-state index in [1.54, 1.807) is 6.20 Å². The summed E-state index contributed by atoms with van der Waals surface area (Å²) in [5, 5.41) is 0. The monoisotopic (exact) mass is 729 g/mol. The van der Waals surface area contributed by atoms with Crippen LogP contribution in [0.5, 0.6) is 11.5 Å². The maximum absolute atomic E-state index is 6.26. The second kappa shape index (κ2) is 12.6. The van der Waals surface area contributed by atoms with Crippen LogP contribution in [-0.2, 0) is 26.5 Å². The van der Waals surface area contributed by atoms with E-state index in [1.165, 1.54) is 5.56 Å². The van der Waals surface area contributed by atoms with E-state index in [0.29, 0.717) is 11.5 Å². The van der Waals surface area contributed by atoms with Crippen LogP contribution in [0.4, 0.5) is 17.2 Å². The molecule has 5 nitrogen and oxygen atoms in total. The van der Waals surface area contributed by atoms with Gasteiger partial charge in [-0.15, -0.1) is 30.3 Å². The first-order valence-corrected chi connectivity index (χ1v) is 13.6. The van der Waals surface area contributed by atoms with Crippen LogP contribution in [0.2, 0.25) is 0 Å². The van der Waals surface area contributed by atoms with Crippen molar-refractivity contribution in [2.45, 2.75) is 26.2 Å². The molecule has 6 aromatic rings. The molecule has 0 saturated heterocycles. The maximum Gasteiger partial charge on any atom is 0.267 e. The van der Waals surface area contributed by atoms with Gasteiger partial charge in [-0.1, -0.05) is 62.9 Å². The SMILES string of the molecule is CC(C)(C)c1cccc(-[n+]2[c-]n(-c3[c-]c(Oc4[c-]c(N(c5ccccc5)c5ccccn5)ccc4)ccc3)cc2)c1.[Pt]. The van der Waals surface area contributed by atoms with Gasteiger partial charge in [0.2, 0.25) is 0 Å². The molecular weight excluding hydrogens is 700 g/mol. The number of ether oxygens (including phenoxy) is 1. The van der Waals surface area contributed by atoms with Gasteiger partial charge in [-0.2, -0.15) is 18.2 Å². The maximum atomic E-state index is 6.26. The van der Waals surface area contributed by atoms with Crippen molar-refractivity contribution in [2.24, 2.45) is 0 Å². The van der Waals surface area contributed by atoms with Gasteiger partial charge in [-0.25, -0.2) is 4.98 Å². The van der Waals surface area contributed by atoms with Crippen molar-refractivity contribution in [1.82, 2.24) is 9.55 Å². The molecule has 0 N–H and O–H groups in total. The molecule has 2 aromatic heterocycles. The van der Waals surface area contributed by atoms with Crippen LogP contribution in [0.25, 0.3) is 11.4 Å². The molecular formula is C36H30N4OPt-2. The Labute approximate surface area is 262 Å². The van der Waals surface area contributed by atoms with Crippen molar-refractivity contribution in [3.63, 3.8) is 0 Å². The molecule has 0 aliphatic rings. The Morgan fingerprint density at radius 1 is 0.786 bits per heavy atom. The third kappa shape index (κ3) is 6.53. The molecule has 0 amide bonds. The number of hydrogen-bond donors (Lipinski definition) is 0. The summed E-state index contributed by atoms with van der Waals surface area (Å²) in [7, 11) is 0. The van der Waals surface area contributed by atoms with Crippen LogP contribution in [0, 0.1) is 18.5 Å². The largest absolute Gasteiger partial charge is 0.510 e. The molecule has 0 aliphatic carbocycles. The number of para-hydroxylation sites is 1. The fourth-order valence-corrected chi connectivity index (χ4v) is 4.56. The van der Waals surface area contributed by atoms with Gasteiger partial charge in [0.05, 0.1) is 5.69 Å². The number of aromatic nitrogens is 3. The van der Waals surface area contributed by atoms with Crippen molar-refractivity contribution in [1.29, 1.82) is 0 Å². The Bertz CT molecular complexity index is 1720. The molecule has 0 unspecified atom stereocenters. The number of nitrogens with zero attached hydrogens (tertiary/aromatic N) is 4. The summed E-state index contributed by atoms with van der Waals surface area (Å²) >= 11 is 0. The zero-order chi connectivity index (χ0) is 28.2. The summed E-state index contributed by atoms with van der Waals surface area (Å²) in [4.78, 5) is 6.63. The predicted molar refractivity (Wildman–Crippen MR) is 162 cm³/mol. The molecule has 6 rings (SSSR count). The number of pyridine rings is 1. The first-order valence-electron chi connectivity index (χ1n) is 13.6. The minimum atomic E-state index is 0. The zero-order valence-corrected chi connectivity index (χ0v) is 25.9. The number of benzene rings is 4. The van der Waals surface area contributed by atoms with E-state index < -0.39 is 0 Å². The third-order valence-corrected chi connectivity index (χ3v) is 6.69. The summed E-state index contributed by atoms with van der Waals surface area (Å²) in [5.74, 6) is 1.96. The molecule has 42 heavy (non-hydrogen) atoms. The fraction of sp³-hybridized carbons (Fsp3) is 0.111. The van der Waals surface area contributed by atoms with E-state index in [2.05, 4.69) is 73.4 Å². The van der Waals surface area contributed by atoms with Crippen LogP contribution in [0.1, 0.15) is 26.3 Å². The minimum Gasteiger partial charge on any atom is -0.510 e. The summed E-state index contributed by atoms with van der Waals surface area (Å²) in [6.07, 6.45) is 9.15. The number of rotatable bonds is 7. The van der Waals surface area contributed by atoms with Crippen molar-refractivity contribution in [3.05, 3.63) is 152 Å². The second-order valence-electron chi connectivity index (χ2n) is 10.7. The molecule has 0 fully saturated rings. The molecule has 6 heteroatoms. The Morgan fingerprint density at radius 2 is 1.52 bits per heavy atom. The number of anilines is 3. The molecule has 212 valence electrons. The van der Waals surface area contributed by atoms with Gasteiger partial charge in [-0.3, -0.25) is 4.57 Å². The first-order chi connectivity index (χ1) is 19.9. The van der Waals surface area contributed by atoms with Crippen LogP contribution in [0.3, 0.4) is 0 Å². The van der Waals surface area contributed by atoms with E-state index >= 15 is 0 Å².